The fourth-order valence-electron chi connectivity index (χ4n) is 2.05. The zero-order valence-corrected chi connectivity index (χ0v) is 15.9. The van der Waals surface area contributed by atoms with Gasteiger partial charge in [-0.3, -0.25) is 19.2 Å². The Labute approximate surface area is 157 Å². The maximum atomic E-state index is 12.5. The molecule has 0 aromatic heterocycles. The number of hydrogen-bond acceptors (Lipinski definition) is 6. The second kappa shape index (κ2) is 11.1. The molecule has 0 aliphatic rings. The Morgan fingerprint density at radius 3 is 1.89 bits per heavy atom. The lowest BCUT2D eigenvalue weighted by atomic mass is 9.97. The van der Waals surface area contributed by atoms with Crippen LogP contribution in [-0.2, 0) is 24.0 Å². The van der Waals surface area contributed by atoms with Crippen molar-refractivity contribution in [1.29, 1.82) is 0 Å². The number of carbonyl (C=O) groups excluding carboxylic acids is 4. The number of hydrogen-bond donors (Lipinski definition) is 6. The third-order valence-electron chi connectivity index (χ3n) is 3.98. The first-order chi connectivity index (χ1) is 12.4. The topological polar surface area (TPSA) is 194 Å². The fraction of sp³-hybridized carbons (Fsp3) is 0.688. The number of nitrogens with two attached hydrogens (primary N) is 2. The monoisotopic (exact) mass is 387 g/mol. The molecule has 0 aromatic rings. The summed E-state index contributed by atoms with van der Waals surface area (Å²) in [7, 11) is 0. The third-order valence-corrected chi connectivity index (χ3v) is 3.98. The number of rotatable bonds is 11. The van der Waals surface area contributed by atoms with E-state index in [0.717, 1.165) is 0 Å². The number of aliphatic carboxylic acids is 1. The third kappa shape index (κ3) is 8.49. The van der Waals surface area contributed by atoms with Crippen LogP contribution >= 0.6 is 0 Å². The smallest absolute Gasteiger partial charge is 0.326 e. The molecule has 4 amide bonds. The zero-order valence-electron chi connectivity index (χ0n) is 15.9. The van der Waals surface area contributed by atoms with Gasteiger partial charge in [-0.2, -0.15) is 0 Å². The molecule has 0 aromatic carbocycles. The van der Waals surface area contributed by atoms with Crippen molar-refractivity contribution in [3.63, 3.8) is 0 Å². The molecular weight excluding hydrogens is 358 g/mol. The summed E-state index contributed by atoms with van der Waals surface area (Å²) in [6.45, 7) is 6.37. The summed E-state index contributed by atoms with van der Waals surface area (Å²) in [5.41, 5.74) is 10.4. The van der Waals surface area contributed by atoms with E-state index in [4.69, 9.17) is 16.6 Å². The van der Waals surface area contributed by atoms with Crippen LogP contribution in [0.1, 0.15) is 40.5 Å². The van der Waals surface area contributed by atoms with Crippen LogP contribution in [-0.4, -0.2) is 58.9 Å². The SMILES string of the molecule is CCC(C)C(NC(=O)C(C)NC(=O)C(C)N)C(=O)NC(CC(N)=O)C(=O)O. The van der Waals surface area contributed by atoms with Gasteiger partial charge in [0.2, 0.25) is 23.6 Å². The van der Waals surface area contributed by atoms with Crippen molar-refractivity contribution in [3.8, 4) is 0 Å². The van der Waals surface area contributed by atoms with E-state index in [0.29, 0.717) is 6.42 Å². The van der Waals surface area contributed by atoms with Gasteiger partial charge >= 0.3 is 5.97 Å². The summed E-state index contributed by atoms with van der Waals surface area (Å²) in [5.74, 6) is -4.58. The Balaban J connectivity index is 5.18. The van der Waals surface area contributed by atoms with E-state index in [1.165, 1.54) is 13.8 Å². The van der Waals surface area contributed by atoms with Crippen LogP contribution in [0.3, 0.4) is 0 Å². The van der Waals surface area contributed by atoms with Crippen molar-refractivity contribution in [3.05, 3.63) is 0 Å². The lowest BCUT2D eigenvalue weighted by Gasteiger charge is -2.26. The molecule has 0 saturated carbocycles. The maximum Gasteiger partial charge on any atom is 0.326 e. The summed E-state index contributed by atoms with van der Waals surface area (Å²) in [6.07, 6.45) is -0.0738. The molecule has 27 heavy (non-hydrogen) atoms. The first-order valence-corrected chi connectivity index (χ1v) is 8.58. The van der Waals surface area contributed by atoms with Crippen molar-refractivity contribution in [2.75, 3.05) is 0 Å². The Morgan fingerprint density at radius 2 is 1.48 bits per heavy atom. The Hall–Kier alpha value is -2.69. The summed E-state index contributed by atoms with van der Waals surface area (Å²) in [6, 6.07) is -4.33. The summed E-state index contributed by atoms with van der Waals surface area (Å²) in [5, 5.41) is 16.2. The average molecular weight is 387 g/mol. The normalized spacial score (nSPS) is 16.2. The van der Waals surface area contributed by atoms with Crippen LogP contribution in [0.5, 0.6) is 0 Å². The summed E-state index contributed by atoms with van der Waals surface area (Å²) in [4.78, 5) is 58.5. The molecule has 5 unspecified atom stereocenters. The van der Waals surface area contributed by atoms with E-state index in [1.807, 2.05) is 0 Å². The minimum Gasteiger partial charge on any atom is -0.480 e. The van der Waals surface area contributed by atoms with Gasteiger partial charge in [0.25, 0.3) is 0 Å². The van der Waals surface area contributed by atoms with E-state index in [1.54, 1.807) is 13.8 Å². The van der Waals surface area contributed by atoms with E-state index >= 15 is 0 Å². The average Bonchev–Trinajstić information content (AvgIpc) is 2.57. The van der Waals surface area contributed by atoms with Gasteiger partial charge in [-0.15, -0.1) is 0 Å². The van der Waals surface area contributed by atoms with Crippen molar-refractivity contribution in [1.82, 2.24) is 16.0 Å². The molecule has 0 radical (unpaired) electrons. The molecule has 154 valence electrons. The highest BCUT2D eigenvalue weighted by Crippen LogP contribution is 2.09. The highest BCUT2D eigenvalue weighted by molar-refractivity contribution is 5.94. The van der Waals surface area contributed by atoms with Crippen LogP contribution in [0.4, 0.5) is 0 Å². The van der Waals surface area contributed by atoms with Crippen molar-refractivity contribution in [2.24, 2.45) is 17.4 Å². The van der Waals surface area contributed by atoms with Crippen LogP contribution in [0.15, 0.2) is 0 Å². The van der Waals surface area contributed by atoms with E-state index in [-0.39, 0.29) is 5.92 Å². The highest BCUT2D eigenvalue weighted by Gasteiger charge is 2.31. The number of carboxylic acids is 1. The van der Waals surface area contributed by atoms with Crippen LogP contribution in [0.25, 0.3) is 0 Å². The number of primary amides is 1. The first-order valence-electron chi connectivity index (χ1n) is 8.58. The maximum absolute atomic E-state index is 12.5. The Morgan fingerprint density at radius 1 is 0.926 bits per heavy atom. The quantitative estimate of drug-likeness (QED) is 0.232. The van der Waals surface area contributed by atoms with Crippen molar-refractivity contribution < 1.29 is 29.1 Å². The van der Waals surface area contributed by atoms with Crippen molar-refractivity contribution in [2.45, 2.75) is 64.7 Å². The Bertz CT molecular complexity index is 580. The lowest BCUT2D eigenvalue weighted by Crippen LogP contribution is -2.58. The minimum atomic E-state index is -1.51. The molecule has 5 atom stereocenters. The molecule has 0 aliphatic heterocycles. The molecule has 11 heteroatoms. The van der Waals surface area contributed by atoms with Gasteiger partial charge in [0, 0.05) is 0 Å². The Kier molecular flexibility index (Phi) is 10.0. The number of carbonyl (C=O) groups is 5. The molecule has 0 fully saturated rings. The summed E-state index contributed by atoms with van der Waals surface area (Å²) >= 11 is 0. The number of nitrogens with one attached hydrogen (secondary N) is 3. The van der Waals surface area contributed by atoms with Crippen LogP contribution in [0.2, 0.25) is 0 Å². The van der Waals surface area contributed by atoms with Gasteiger partial charge in [-0.25, -0.2) is 4.79 Å². The highest BCUT2D eigenvalue weighted by atomic mass is 16.4. The van der Waals surface area contributed by atoms with Gasteiger partial charge < -0.3 is 32.5 Å². The first kappa shape index (κ1) is 24.3. The van der Waals surface area contributed by atoms with Gasteiger partial charge in [-0.1, -0.05) is 20.3 Å². The molecule has 0 bridgehead atoms. The van der Waals surface area contributed by atoms with Gasteiger partial charge in [0.05, 0.1) is 12.5 Å². The number of amides is 4. The lowest BCUT2D eigenvalue weighted by molar-refractivity contribution is -0.144. The van der Waals surface area contributed by atoms with Gasteiger partial charge in [0.1, 0.15) is 18.1 Å². The van der Waals surface area contributed by atoms with Crippen LogP contribution in [0, 0.1) is 5.92 Å². The molecular formula is C16H29N5O6. The molecule has 0 rings (SSSR count). The van der Waals surface area contributed by atoms with Crippen molar-refractivity contribution >= 4 is 29.6 Å². The molecule has 0 saturated heterocycles. The fourth-order valence-corrected chi connectivity index (χ4v) is 2.05. The largest absolute Gasteiger partial charge is 0.480 e. The second-order valence-electron chi connectivity index (χ2n) is 6.46. The zero-order chi connectivity index (χ0) is 21.3. The molecule has 11 nitrogen and oxygen atoms in total. The standard InChI is InChI=1S/C16H29N5O6/c1-5-7(2)12(15(25)20-10(16(26)27)6-11(18)22)21-14(24)9(4)19-13(23)8(3)17/h7-10,12H,5-6,17H2,1-4H3,(H2,18,22)(H,19,23)(H,20,25)(H,21,24)(H,26,27). The van der Waals surface area contributed by atoms with Gasteiger partial charge in [-0.05, 0) is 19.8 Å². The van der Waals surface area contributed by atoms with Crippen LogP contribution < -0.4 is 27.4 Å². The predicted molar refractivity (Wildman–Crippen MR) is 96.0 cm³/mol. The molecule has 0 aliphatic carbocycles. The van der Waals surface area contributed by atoms with E-state index < -0.39 is 60.2 Å². The molecule has 0 heterocycles. The van der Waals surface area contributed by atoms with Gasteiger partial charge in [0.15, 0.2) is 0 Å². The summed E-state index contributed by atoms with van der Waals surface area (Å²) < 4.78 is 0. The number of carboxylic acid groups (broad SMARTS) is 1. The molecule has 0 spiro atoms. The molecule has 8 N–H and O–H groups in total. The minimum absolute atomic E-state index is 0.340. The van der Waals surface area contributed by atoms with E-state index in [2.05, 4.69) is 16.0 Å². The van der Waals surface area contributed by atoms with E-state index in [9.17, 15) is 24.0 Å². The predicted octanol–water partition coefficient (Wildman–Crippen LogP) is -2.19. The second-order valence-corrected chi connectivity index (χ2v) is 6.46.